The van der Waals surface area contributed by atoms with Crippen molar-refractivity contribution in [1.82, 2.24) is 9.55 Å². The lowest BCUT2D eigenvalue weighted by molar-refractivity contribution is 0.599. The first-order valence-electron chi connectivity index (χ1n) is 17.4. The topological polar surface area (TPSA) is 31.0 Å². The summed E-state index contributed by atoms with van der Waals surface area (Å²) in [6.07, 6.45) is 0.966. The van der Waals surface area contributed by atoms with Gasteiger partial charge in [0.1, 0.15) is 5.52 Å². The van der Waals surface area contributed by atoms with Crippen molar-refractivity contribution >= 4 is 32.9 Å². The Morgan fingerprint density at radius 2 is 1.12 bits per heavy atom. The van der Waals surface area contributed by atoms with E-state index in [1.165, 1.54) is 60.9 Å². The van der Waals surface area contributed by atoms with Gasteiger partial charge in [0.05, 0.1) is 11.0 Å². The van der Waals surface area contributed by atoms with Gasteiger partial charge in [-0.3, -0.25) is 0 Å². The second-order valence-corrected chi connectivity index (χ2v) is 13.5. The Bertz CT molecular complexity index is 2640. The van der Waals surface area contributed by atoms with Crippen molar-refractivity contribution in [3.8, 4) is 50.5 Å². The van der Waals surface area contributed by atoms with Crippen LogP contribution in [0.3, 0.4) is 0 Å². The van der Waals surface area contributed by atoms with Gasteiger partial charge in [-0.05, 0) is 99.8 Å². The Labute approximate surface area is 292 Å². The van der Waals surface area contributed by atoms with Crippen molar-refractivity contribution in [2.75, 3.05) is 0 Å². The summed E-state index contributed by atoms with van der Waals surface area (Å²) in [5, 5.41) is 2.50. The van der Waals surface area contributed by atoms with Gasteiger partial charge in [-0.1, -0.05) is 129 Å². The van der Waals surface area contributed by atoms with Crippen molar-refractivity contribution in [2.24, 2.45) is 5.92 Å². The highest BCUT2D eigenvalue weighted by atomic mass is 16.3. The fraction of sp³-hybridized carbons (Fsp3) is 0.0851. The standard InChI is InChI=1S/C47H36N2O/c1-31(2)29-35-13-12-21-43-46(35)50-47(48-43)33-25-23-32(24-26-33)37-16-6-8-18-39(37)40-19-9-7-17-38(40)34-27-28-45-42(30-34)41-20-10-11-22-44(41)49(45)36-14-4-3-5-15-36/h3-28,30-31H,29H2,1-2H3. The van der Waals surface area contributed by atoms with Gasteiger partial charge in [-0.25, -0.2) is 4.98 Å². The number of para-hydroxylation sites is 3. The van der Waals surface area contributed by atoms with Crippen LogP contribution >= 0.6 is 0 Å². The van der Waals surface area contributed by atoms with Crippen LogP contribution in [0.4, 0.5) is 0 Å². The summed E-state index contributed by atoms with van der Waals surface area (Å²) >= 11 is 0. The number of benzene rings is 7. The third-order valence-corrected chi connectivity index (χ3v) is 9.71. The lowest BCUT2D eigenvalue weighted by atomic mass is 9.89. The van der Waals surface area contributed by atoms with Gasteiger partial charge in [0.2, 0.25) is 5.89 Å². The molecule has 2 heterocycles. The maximum Gasteiger partial charge on any atom is 0.227 e. The van der Waals surface area contributed by atoms with Gasteiger partial charge in [-0.2, -0.15) is 0 Å². The molecule has 9 rings (SSSR count). The summed E-state index contributed by atoms with van der Waals surface area (Å²) in [4.78, 5) is 4.85. The summed E-state index contributed by atoms with van der Waals surface area (Å²) in [5.41, 5.74) is 14.7. The van der Waals surface area contributed by atoms with Crippen molar-refractivity contribution < 1.29 is 4.42 Å². The van der Waals surface area contributed by atoms with Gasteiger partial charge < -0.3 is 8.98 Å². The molecule has 0 aliphatic rings. The average molecular weight is 645 g/mol. The predicted octanol–water partition coefficient (Wildman–Crippen LogP) is 12.8. The minimum atomic E-state index is 0.544. The molecule has 3 nitrogen and oxygen atoms in total. The Morgan fingerprint density at radius 1 is 0.520 bits per heavy atom. The van der Waals surface area contributed by atoms with E-state index < -0.39 is 0 Å². The summed E-state index contributed by atoms with van der Waals surface area (Å²) in [5.74, 6) is 1.20. The molecule has 0 radical (unpaired) electrons. The first-order chi connectivity index (χ1) is 24.6. The van der Waals surface area contributed by atoms with E-state index in [0.29, 0.717) is 11.8 Å². The van der Waals surface area contributed by atoms with Gasteiger partial charge >= 0.3 is 0 Å². The summed E-state index contributed by atoms with van der Waals surface area (Å²) in [7, 11) is 0. The minimum Gasteiger partial charge on any atom is -0.436 e. The van der Waals surface area contributed by atoms with Crippen LogP contribution in [0, 0.1) is 5.92 Å². The van der Waals surface area contributed by atoms with Gasteiger partial charge in [0, 0.05) is 22.0 Å². The third-order valence-electron chi connectivity index (χ3n) is 9.71. The van der Waals surface area contributed by atoms with E-state index in [0.717, 1.165) is 28.6 Å². The van der Waals surface area contributed by atoms with E-state index in [1.54, 1.807) is 0 Å². The zero-order valence-corrected chi connectivity index (χ0v) is 28.2. The van der Waals surface area contributed by atoms with Crippen LogP contribution in [0.5, 0.6) is 0 Å². The number of hydrogen-bond acceptors (Lipinski definition) is 2. The van der Waals surface area contributed by atoms with E-state index in [4.69, 9.17) is 9.40 Å². The van der Waals surface area contributed by atoms with Crippen molar-refractivity contribution in [1.29, 1.82) is 0 Å². The molecule has 2 aromatic heterocycles. The van der Waals surface area contributed by atoms with E-state index in [1.807, 2.05) is 6.07 Å². The second kappa shape index (κ2) is 12.4. The van der Waals surface area contributed by atoms with Crippen molar-refractivity contribution in [2.45, 2.75) is 20.3 Å². The minimum absolute atomic E-state index is 0.544. The van der Waals surface area contributed by atoms with Gasteiger partial charge in [-0.15, -0.1) is 0 Å². The molecule has 0 atom stereocenters. The Balaban J connectivity index is 1.11. The molecule has 0 N–H and O–H groups in total. The van der Waals surface area contributed by atoms with E-state index >= 15 is 0 Å². The fourth-order valence-corrected chi connectivity index (χ4v) is 7.46. The molecule has 0 amide bonds. The Hall–Kier alpha value is -6.19. The quantitative estimate of drug-likeness (QED) is 0.173. The maximum absolute atomic E-state index is 6.36. The number of rotatable bonds is 7. The number of nitrogens with zero attached hydrogens (tertiary/aromatic N) is 2. The normalized spacial score (nSPS) is 11.7. The molecule has 0 spiro atoms. The van der Waals surface area contributed by atoms with Crippen molar-refractivity contribution in [3.05, 3.63) is 169 Å². The third kappa shape index (κ3) is 5.19. The second-order valence-electron chi connectivity index (χ2n) is 13.5. The summed E-state index contributed by atoms with van der Waals surface area (Å²) < 4.78 is 8.73. The molecule has 0 bridgehead atoms. The lowest BCUT2D eigenvalue weighted by Crippen LogP contribution is -1.93. The van der Waals surface area contributed by atoms with E-state index in [-0.39, 0.29) is 0 Å². The molecule has 0 saturated heterocycles. The van der Waals surface area contributed by atoms with Gasteiger partial charge in [0.25, 0.3) is 0 Å². The number of hydrogen-bond donors (Lipinski definition) is 0. The zero-order valence-electron chi connectivity index (χ0n) is 28.2. The molecule has 0 saturated carbocycles. The molecule has 3 heteroatoms. The fourth-order valence-electron chi connectivity index (χ4n) is 7.46. The van der Waals surface area contributed by atoms with Crippen LogP contribution in [0.25, 0.3) is 83.4 Å². The molecule has 9 aromatic rings. The van der Waals surface area contributed by atoms with Crippen LogP contribution in [-0.4, -0.2) is 9.55 Å². The van der Waals surface area contributed by atoms with Crippen LogP contribution in [0.2, 0.25) is 0 Å². The molecule has 0 aliphatic carbocycles. The molecule has 240 valence electrons. The molecule has 7 aromatic carbocycles. The first-order valence-corrected chi connectivity index (χ1v) is 17.4. The zero-order chi connectivity index (χ0) is 33.6. The molecule has 0 unspecified atom stereocenters. The smallest absolute Gasteiger partial charge is 0.227 e. The molecule has 0 fully saturated rings. The first kappa shape index (κ1) is 29.9. The van der Waals surface area contributed by atoms with Gasteiger partial charge in [0.15, 0.2) is 5.58 Å². The van der Waals surface area contributed by atoms with Crippen LogP contribution in [0.15, 0.2) is 168 Å². The molecule has 50 heavy (non-hydrogen) atoms. The predicted molar refractivity (Wildman–Crippen MR) is 209 cm³/mol. The monoisotopic (exact) mass is 644 g/mol. The van der Waals surface area contributed by atoms with Crippen molar-refractivity contribution in [3.63, 3.8) is 0 Å². The Morgan fingerprint density at radius 3 is 1.86 bits per heavy atom. The molecular weight excluding hydrogens is 609 g/mol. The SMILES string of the molecule is CC(C)Cc1cccc2nc(-c3ccc(-c4ccccc4-c4ccccc4-c4ccc5c(c4)c4ccccc4n5-c4ccccc4)cc3)oc12. The highest BCUT2D eigenvalue weighted by molar-refractivity contribution is 6.11. The van der Waals surface area contributed by atoms with Crippen LogP contribution in [-0.2, 0) is 6.42 Å². The highest BCUT2D eigenvalue weighted by Crippen LogP contribution is 2.41. The summed E-state index contributed by atoms with van der Waals surface area (Å²) in [6.45, 7) is 4.46. The number of fused-ring (bicyclic) bond motifs is 4. The molecule has 0 aliphatic heterocycles. The lowest BCUT2D eigenvalue weighted by Gasteiger charge is -2.15. The maximum atomic E-state index is 6.36. The van der Waals surface area contributed by atoms with E-state index in [9.17, 15) is 0 Å². The average Bonchev–Trinajstić information content (AvgIpc) is 3.75. The largest absolute Gasteiger partial charge is 0.436 e. The Kier molecular flexibility index (Phi) is 7.39. The number of aromatic nitrogens is 2. The molecular formula is C47H36N2O. The van der Waals surface area contributed by atoms with E-state index in [2.05, 4.69) is 176 Å². The van der Waals surface area contributed by atoms with Crippen LogP contribution < -0.4 is 0 Å². The van der Waals surface area contributed by atoms with Crippen LogP contribution in [0.1, 0.15) is 19.4 Å². The number of oxazole rings is 1. The summed E-state index contributed by atoms with van der Waals surface area (Å²) in [6, 6.07) is 58.6. The highest BCUT2D eigenvalue weighted by Gasteiger charge is 2.17.